The highest BCUT2D eigenvalue weighted by Crippen LogP contribution is 2.51. The Morgan fingerprint density at radius 1 is 1.00 bits per heavy atom. The summed E-state index contributed by atoms with van der Waals surface area (Å²) in [5, 5.41) is 0. The first-order valence-electron chi connectivity index (χ1n) is 11.4. The van der Waals surface area contributed by atoms with Crippen LogP contribution < -0.4 is 0 Å². The zero-order chi connectivity index (χ0) is 20.0. The van der Waals surface area contributed by atoms with Gasteiger partial charge in [-0.05, 0) is 76.6 Å². The van der Waals surface area contributed by atoms with Crippen molar-refractivity contribution in [3.05, 3.63) is 76.4 Å². The maximum Gasteiger partial charge on any atom is 0.163 e. The van der Waals surface area contributed by atoms with Gasteiger partial charge in [0.2, 0.25) is 0 Å². The van der Waals surface area contributed by atoms with E-state index >= 15 is 0 Å². The summed E-state index contributed by atoms with van der Waals surface area (Å²) in [7, 11) is 0. The van der Waals surface area contributed by atoms with Gasteiger partial charge < -0.3 is 0 Å². The Morgan fingerprint density at radius 2 is 1.83 bits per heavy atom. The number of carbonyl (C=O) groups excluding carboxylic acids is 1. The molecule has 2 aromatic rings. The molecule has 1 nitrogen and oxygen atoms in total. The molecule has 0 aromatic heterocycles. The monoisotopic (exact) mass is 382 g/mol. The largest absolute Gasteiger partial charge is 0.294 e. The molecule has 3 aliphatic carbocycles. The number of rotatable bonds is 6. The van der Waals surface area contributed by atoms with Crippen LogP contribution in [0.2, 0.25) is 0 Å². The lowest BCUT2D eigenvalue weighted by Crippen LogP contribution is -2.03. The highest BCUT2D eigenvalue weighted by molar-refractivity contribution is 6.04. The second-order valence-corrected chi connectivity index (χ2v) is 8.89. The number of allylic oxidation sites excluding steroid dienone is 4. The summed E-state index contributed by atoms with van der Waals surface area (Å²) < 4.78 is 0. The van der Waals surface area contributed by atoms with E-state index in [0.717, 1.165) is 24.3 Å². The number of ketones is 1. The third-order valence-electron chi connectivity index (χ3n) is 7.44. The van der Waals surface area contributed by atoms with Gasteiger partial charge in [0, 0.05) is 17.9 Å². The molecule has 0 bridgehead atoms. The Balaban J connectivity index is 1.62. The average Bonchev–Trinajstić information content (AvgIpc) is 3.47. The van der Waals surface area contributed by atoms with E-state index < -0.39 is 0 Å². The van der Waals surface area contributed by atoms with E-state index in [1.807, 2.05) is 0 Å². The van der Waals surface area contributed by atoms with E-state index in [1.165, 1.54) is 64.6 Å². The molecule has 0 heterocycles. The summed E-state index contributed by atoms with van der Waals surface area (Å²) in [5.74, 6) is 1.61. The second-order valence-electron chi connectivity index (χ2n) is 8.89. The van der Waals surface area contributed by atoms with Crippen LogP contribution in [0.4, 0.5) is 0 Å². The van der Waals surface area contributed by atoms with Crippen molar-refractivity contribution in [2.45, 2.75) is 64.7 Å². The van der Waals surface area contributed by atoms with Gasteiger partial charge in [-0.1, -0.05) is 69.2 Å². The second kappa shape index (κ2) is 7.44. The fourth-order valence-corrected chi connectivity index (χ4v) is 5.67. The zero-order valence-corrected chi connectivity index (χ0v) is 17.6. The van der Waals surface area contributed by atoms with Crippen LogP contribution >= 0.6 is 0 Å². The highest BCUT2D eigenvalue weighted by Gasteiger charge is 2.34. The number of hydrogen-bond donors (Lipinski definition) is 0. The average molecular weight is 383 g/mol. The number of fused-ring (bicyclic) bond motifs is 5. The molecule has 0 aliphatic heterocycles. The fraction of sp³-hybridized carbons (Fsp3) is 0.393. The molecule has 1 unspecified atom stereocenters. The van der Waals surface area contributed by atoms with Crippen molar-refractivity contribution >= 4 is 11.4 Å². The standard InChI is InChI=1S/C28H30O/c1-3-18(4-2)9-11-21-22-12-10-20(19-7-5-6-8-19)17-26(22)28-24(21)14-13-23-25(28)15-16-27(23)29/h5,7-8,10,12-14,17-18,21H,3-4,6,9,11,15-16H2,1-2H3. The molecule has 148 valence electrons. The number of carbonyl (C=O) groups is 1. The van der Waals surface area contributed by atoms with Crippen molar-refractivity contribution in [2.75, 3.05) is 0 Å². The molecule has 0 saturated carbocycles. The maximum absolute atomic E-state index is 12.4. The topological polar surface area (TPSA) is 17.1 Å². The molecular formula is C28H30O. The quantitative estimate of drug-likeness (QED) is 0.506. The Hall–Kier alpha value is -2.41. The minimum Gasteiger partial charge on any atom is -0.294 e. The van der Waals surface area contributed by atoms with Gasteiger partial charge in [0.15, 0.2) is 5.78 Å². The molecule has 0 N–H and O–H groups in total. The first kappa shape index (κ1) is 18.6. The fourth-order valence-electron chi connectivity index (χ4n) is 5.67. The van der Waals surface area contributed by atoms with Crippen LogP contribution in [0.15, 0.2) is 48.6 Å². The zero-order valence-electron chi connectivity index (χ0n) is 17.6. The molecule has 5 rings (SSSR count). The maximum atomic E-state index is 12.4. The van der Waals surface area contributed by atoms with E-state index in [2.05, 4.69) is 62.4 Å². The summed E-state index contributed by atoms with van der Waals surface area (Å²) in [5.41, 5.74) is 10.6. The van der Waals surface area contributed by atoms with E-state index in [4.69, 9.17) is 0 Å². The molecule has 0 fully saturated rings. The number of Topliss-reactive ketones (excluding diaryl/α,β-unsaturated/α-hetero) is 1. The first-order valence-corrected chi connectivity index (χ1v) is 11.4. The normalized spacial score (nSPS) is 18.9. The van der Waals surface area contributed by atoms with Crippen LogP contribution in [0.25, 0.3) is 16.7 Å². The molecule has 2 aromatic carbocycles. The minimum absolute atomic E-state index is 0.322. The molecule has 0 radical (unpaired) electrons. The van der Waals surface area contributed by atoms with Crippen molar-refractivity contribution in [3.8, 4) is 11.1 Å². The Morgan fingerprint density at radius 3 is 2.59 bits per heavy atom. The molecule has 0 saturated heterocycles. The highest BCUT2D eigenvalue weighted by atomic mass is 16.1. The van der Waals surface area contributed by atoms with Gasteiger partial charge >= 0.3 is 0 Å². The van der Waals surface area contributed by atoms with E-state index in [-0.39, 0.29) is 0 Å². The number of benzene rings is 2. The third kappa shape index (κ3) is 3.03. The van der Waals surface area contributed by atoms with Crippen molar-refractivity contribution in [1.29, 1.82) is 0 Å². The Labute approximate surface area is 174 Å². The summed E-state index contributed by atoms with van der Waals surface area (Å²) in [6, 6.07) is 11.5. The molecular weight excluding hydrogens is 352 g/mol. The van der Waals surface area contributed by atoms with E-state index in [9.17, 15) is 4.79 Å². The van der Waals surface area contributed by atoms with Gasteiger partial charge in [-0.25, -0.2) is 0 Å². The molecule has 1 atom stereocenters. The van der Waals surface area contributed by atoms with Gasteiger partial charge in [0.1, 0.15) is 0 Å². The third-order valence-corrected chi connectivity index (χ3v) is 7.44. The van der Waals surface area contributed by atoms with Crippen LogP contribution in [0, 0.1) is 5.92 Å². The lowest BCUT2D eigenvalue weighted by molar-refractivity contribution is 0.0994. The van der Waals surface area contributed by atoms with Gasteiger partial charge in [-0.15, -0.1) is 0 Å². The van der Waals surface area contributed by atoms with Crippen LogP contribution in [-0.4, -0.2) is 5.78 Å². The van der Waals surface area contributed by atoms with Crippen LogP contribution in [-0.2, 0) is 6.42 Å². The van der Waals surface area contributed by atoms with Gasteiger partial charge in [0.25, 0.3) is 0 Å². The minimum atomic E-state index is 0.322. The molecule has 1 heteroatoms. The lowest BCUT2D eigenvalue weighted by atomic mass is 9.86. The molecule has 0 amide bonds. The first-order chi connectivity index (χ1) is 14.2. The SMILES string of the molecule is CCC(CC)CCC1c2ccc(C3=CCC=C3)cc2-c2c1ccc1c2CCC1=O. The van der Waals surface area contributed by atoms with E-state index in [0.29, 0.717) is 18.1 Å². The Bertz CT molecular complexity index is 1030. The van der Waals surface area contributed by atoms with Crippen LogP contribution in [0.5, 0.6) is 0 Å². The van der Waals surface area contributed by atoms with Gasteiger partial charge in [-0.2, -0.15) is 0 Å². The Kier molecular flexibility index (Phi) is 4.78. The summed E-state index contributed by atoms with van der Waals surface area (Å²) in [4.78, 5) is 12.4. The van der Waals surface area contributed by atoms with Gasteiger partial charge in [0.05, 0.1) is 0 Å². The molecule has 3 aliphatic rings. The van der Waals surface area contributed by atoms with Crippen molar-refractivity contribution < 1.29 is 4.79 Å². The van der Waals surface area contributed by atoms with Crippen molar-refractivity contribution in [3.63, 3.8) is 0 Å². The summed E-state index contributed by atoms with van der Waals surface area (Å²) >= 11 is 0. The summed E-state index contributed by atoms with van der Waals surface area (Å²) in [6.45, 7) is 4.64. The predicted octanol–water partition coefficient (Wildman–Crippen LogP) is 7.49. The van der Waals surface area contributed by atoms with Gasteiger partial charge in [-0.3, -0.25) is 4.79 Å². The smallest absolute Gasteiger partial charge is 0.163 e. The van der Waals surface area contributed by atoms with Crippen molar-refractivity contribution in [2.24, 2.45) is 5.92 Å². The van der Waals surface area contributed by atoms with Crippen LogP contribution in [0.3, 0.4) is 0 Å². The predicted molar refractivity (Wildman–Crippen MR) is 121 cm³/mol. The van der Waals surface area contributed by atoms with Crippen molar-refractivity contribution in [1.82, 2.24) is 0 Å². The number of hydrogen-bond acceptors (Lipinski definition) is 1. The van der Waals surface area contributed by atoms with E-state index in [1.54, 1.807) is 0 Å². The molecule has 29 heavy (non-hydrogen) atoms. The summed E-state index contributed by atoms with van der Waals surface area (Å²) in [6.07, 6.45) is 14.4. The van der Waals surface area contributed by atoms with Crippen LogP contribution in [0.1, 0.15) is 90.9 Å². The molecule has 0 spiro atoms. The lowest BCUT2D eigenvalue weighted by Gasteiger charge is -2.18.